The molecule has 0 amide bonds. The number of hydrogen-bond donors (Lipinski definition) is 2. The summed E-state index contributed by atoms with van der Waals surface area (Å²) in [4.78, 5) is 34.3. The number of esters is 2. The van der Waals surface area contributed by atoms with Gasteiger partial charge in [-0.25, -0.2) is 4.57 Å². The minimum absolute atomic E-state index is 0.0396. The van der Waals surface area contributed by atoms with Crippen molar-refractivity contribution in [2.45, 2.75) is 103 Å². The van der Waals surface area contributed by atoms with E-state index in [-0.39, 0.29) is 32.6 Å². The maximum Gasteiger partial charge on any atom is 0.472 e. The molecule has 0 aliphatic rings. The molecule has 0 bridgehead atoms. The van der Waals surface area contributed by atoms with Gasteiger partial charge in [0, 0.05) is 19.4 Å². The molecule has 0 saturated carbocycles. The predicted octanol–water partition coefficient (Wildman–Crippen LogP) is 7.43. The smallest absolute Gasteiger partial charge is 0.462 e. The fourth-order valence-corrected chi connectivity index (χ4v) is 4.25. The molecule has 0 spiro atoms. The van der Waals surface area contributed by atoms with E-state index in [0.717, 1.165) is 38.5 Å². The van der Waals surface area contributed by atoms with E-state index >= 15 is 0 Å². The summed E-state index contributed by atoms with van der Waals surface area (Å²) >= 11 is 0. The third-order valence-electron chi connectivity index (χ3n) is 5.75. The minimum atomic E-state index is -4.38. The number of nitrogens with two attached hydrogens (primary N) is 1. The van der Waals surface area contributed by atoms with Crippen LogP contribution in [0.25, 0.3) is 0 Å². The van der Waals surface area contributed by atoms with E-state index in [9.17, 15) is 19.0 Å². The van der Waals surface area contributed by atoms with Crippen LogP contribution in [0.1, 0.15) is 97.3 Å². The lowest BCUT2D eigenvalue weighted by Gasteiger charge is -2.19. The Morgan fingerprint density at radius 3 is 2.07 bits per heavy atom. The van der Waals surface area contributed by atoms with Crippen LogP contribution in [-0.2, 0) is 32.7 Å². The Hall–Kier alpha value is -2.29. The number of carbonyl (C=O) groups is 2. The SMILES string of the molecule is CC/C=C/C=C/C=C/C=C/CCCCCC(=O)OC(COC(=O)CC/C=C/CCCCCC)COP(=O)(O)OCCN. The van der Waals surface area contributed by atoms with Crippen LogP contribution in [0.2, 0.25) is 0 Å². The molecule has 2 unspecified atom stereocenters. The van der Waals surface area contributed by atoms with Gasteiger partial charge in [0.15, 0.2) is 6.10 Å². The first-order valence-corrected chi connectivity index (χ1v) is 16.8. The number of rotatable bonds is 27. The molecule has 0 aromatic rings. The highest BCUT2D eigenvalue weighted by Gasteiger charge is 2.25. The summed E-state index contributed by atoms with van der Waals surface area (Å²) in [5, 5.41) is 0. The van der Waals surface area contributed by atoms with Crippen molar-refractivity contribution in [1.82, 2.24) is 0 Å². The van der Waals surface area contributed by atoms with Crippen LogP contribution in [0.5, 0.6) is 0 Å². The highest BCUT2D eigenvalue weighted by molar-refractivity contribution is 7.47. The maximum absolute atomic E-state index is 12.4. The Bertz CT molecular complexity index is 882. The number of allylic oxidation sites excluding steroid dienone is 10. The molecule has 0 fully saturated rings. The molecule has 42 heavy (non-hydrogen) atoms. The molecule has 0 radical (unpaired) electrons. The first-order valence-electron chi connectivity index (χ1n) is 15.3. The lowest BCUT2D eigenvalue weighted by Crippen LogP contribution is -2.29. The Balaban J connectivity index is 4.49. The van der Waals surface area contributed by atoms with Crippen molar-refractivity contribution in [3.63, 3.8) is 0 Å². The van der Waals surface area contributed by atoms with Crippen LogP contribution < -0.4 is 5.73 Å². The van der Waals surface area contributed by atoms with E-state index < -0.39 is 32.5 Å². The fourth-order valence-electron chi connectivity index (χ4n) is 3.48. The van der Waals surface area contributed by atoms with E-state index in [2.05, 4.69) is 32.1 Å². The third kappa shape index (κ3) is 27.9. The van der Waals surface area contributed by atoms with Gasteiger partial charge in [0.1, 0.15) is 6.61 Å². The van der Waals surface area contributed by atoms with Gasteiger partial charge in [-0.2, -0.15) is 0 Å². The standard InChI is InChI=1S/C32H54NO8P/c1-3-5-7-9-11-13-14-15-16-17-19-21-23-25-32(35)41-30(29-40-42(36,37)39-27-26-33)28-38-31(34)24-22-20-18-12-10-8-6-4-2/h5,7,9,11,13-16,18,20,30H,3-4,6,8,10,12,17,19,21-29,33H2,1-2H3,(H,36,37)/b7-5+,11-9+,14-13+,16-15+,20-18+. The van der Waals surface area contributed by atoms with Crippen molar-refractivity contribution in [2.24, 2.45) is 5.73 Å². The first-order chi connectivity index (χ1) is 20.3. The van der Waals surface area contributed by atoms with Gasteiger partial charge in [-0.05, 0) is 44.9 Å². The molecule has 0 aromatic heterocycles. The lowest BCUT2D eigenvalue weighted by atomic mass is 10.1. The van der Waals surface area contributed by atoms with Gasteiger partial charge in [-0.3, -0.25) is 18.6 Å². The largest absolute Gasteiger partial charge is 0.472 e. The second-order valence-electron chi connectivity index (χ2n) is 9.67. The summed E-state index contributed by atoms with van der Waals surface area (Å²) in [5.41, 5.74) is 5.29. The molecular weight excluding hydrogens is 557 g/mol. The van der Waals surface area contributed by atoms with Crippen LogP contribution in [0, 0.1) is 0 Å². The number of phosphoric acid groups is 1. The molecule has 3 N–H and O–H groups in total. The third-order valence-corrected chi connectivity index (χ3v) is 6.73. The second kappa shape index (κ2) is 28.8. The minimum Gasteiger partial charge on any atom is -0.462 e. The van der Waals surface area contributed by atoms with Gasteiger partial charge < -0.3 is 20.1 Å². The number of hydrogen-bond acceptors (Lipinski definition) is 8. The zero-order valence-corrected chi connectivity index (χ0v) is 26.6. The van der Waals surface area contributed by atoms with Crippen LogP contribution >= 0.6 is 7.82 Å². The molecule has 0 rings (SSSR count). The molecule has 240 valence electrons. The van der Waals surface area contributed by atoms with Crippen molar-refractivity contribution in [3.05, 3.63) is 60.8 Å². The summed E-state index contributed by atoms with van der Waals surface area (Å²) in [5.74, 6) is -0.950. The van der Waals surface area contributed by atoms with Crippen LogP contribution in [0.15, 0.2) is 60.8 Å². The van der Waals surface area contributed by atoms with Crippen molar-refractivity contribution in [2.75, 3.05) is 26.4 Å². The average Bonchev–Trinajstić information content (AvgIpc) is 2.97. The molecule has 0 saturated heterocycles. The predicted molar refractivity (Wildman–Crippen MR) is 169 cm³/mol. The molecule has 9 nitrogen and oxygen atoms in total. The molecule has 0 heterocycles. The van der Waals surface area contributed by atoms with Gasteiger partial charge in [-0.1, -0.05) is 100 Å². The van der Waals surface area contributed by atoms with Crippen molar-refractivity contribution >= 4 is 19.8 Å². The lowest BCUT2D eigenvalue weighted by molar-refractivity contribution is -0.161. The summed E-state index contributed by atoms with van der Waals surface area (Å²) < 4.78 is 32.3. The molecule has 0 aliphatic heterocycles. The van der Waals surface area contributed by atoms with E-state index in [1.807, 2.05) is 42.5 Å². The van der Waals surface area contributed by atoms with Crippen LogP contribution in [0.3, 0.4) is 0 Å². The van der Waals surface area contributed by atoms with Gasteiger partial charge >= 0.3 is 19.8 Å². The van der Waals surface area contributed by atoms with Gasteiger partial charge in [0.25, 0.3) is 0 Å². The second-order valence-corrected chi connectivity index (χ2v) is 11.1. The topological polar surface area (TPSA) is 134 Å². The highest BCUT2D eigenvalue weighted by Crippen LogP contribution is 2.43. The van der Waals surface area contributed by atoms with Gasteiger partial charge in [0.05, 0.1) is 13.2 Å². The zero-order valence-electron chi connectivity index (χ0n) is 25.7. The highest BCUT2D eigenvalue weighted by atomic mass is 31.2. The average molecular weight is 612 g/mol. The monoisotopic (exact) mass is 611 g/mol. The number of ether oxygens (including phenoxy) is 2. The molecule has 0 aliphatic carbocycles. The Kier molecular flexibility index (Phi) is 27.2. The van der Waals surface area contributed by atoms with E-state index in [1.54, 1.807) is 0 Å². The Labute approximate surface area is 253 Å². The van der Waals surface area contributed by atoms with Crippen molar-refractivity contribution in [1.29, 1.82) is 0 Å². The van der Waals surface area contributed by atoms with E-state index in [4.69, 9.17) is 24.3 Å². The Morgan fingerprint density at radius 1 is 0.738 bits per heavy atom. The number of carbonyl (C=O) groups excluding carboxylic acids is 2. The summed E-state index contributed by atoms with van der Waals surface area (Å²) in [6.07, 6.45) is 30.0. The van der Waals surface area contributed by atoms with E-state index in [1.165, 1.54) is 19.3 Å². The molecular formula is C32H54NO8P. The molecule has 10 heteroatoms. The summed E-state index contributed by atoms with van der Waals surface area (Å²) in [6.45, 7) is 3.39. The van der Waals surface area contributed by atoms with Crippen molar-refractivity contribution in [3.8, 4) is 0 Å². The first kappa shape index (κ1) is 39.7. The maximum atomic E-state index is 12.4. The number of phosphoric ester groups is 1. The van der Waals surface area contributed by atoms with Crippen LogP contribution in [0.4, 0.5) is 0 Å². The van der Waals surface area contributed by atoms with Crippen LogP contribution in [-0.4, -0.2) is 49.3 Å². The van der Waals surface area contributed by atoms with E-state index in [0.29, 0.717) is 12.8 Å². The number of unbranched alkanes of at least 4 members (excludes halogenated alkanes) is 7. The normalized spacial score (nSPS) is 14.5. The summed E-state index contributed by atoms with van der Waals surface area (Å²) in [6, 6.07) is 0. The summed E-state index contributed by atoms with van der Waals surface area (Å²) in [7, 11) is -4.38. The Morgan fingerprint density at radius 2 is 1.38 bits per heavy atom. The zero-order chi connectivity index (χ0) is 31.2. The van der Waals surface area contributed by atoms with Crippen molar-refractivity contribution < 1.29 is 37.6 Å². The fraction of sp³-hybridized carbons (Fsp3) is 0.625. The molecule has 0 aromatic carbocycles. The quantitative estimate of drug-likeness (QED) is 0.0320. The van der Waals surface area contributed by atoms with Gasteiger partial charge in [0.2, 0.25) is 0 Å². The van der Waals surface area contributed by atoms with Gasteiger partial charge in [-0.15, -0.1) is 0 Å². The molecule has 2 atom stereocenters.